The Morgan fingerprint density at radius 3 is 2.52 bits per heavy atom. The number of carboxylic acid groups (broad SMARTS) is 1. The molecule has 3 rings (SSSR count). The number of hydrogen-bond acceptors (Lipinski definition) is 2. The van der Waals surface area contributed by atoms with Crippen molar-refractivity contribution in [1.29, 1.82) is 0 Å². The SMILES string of the molecule is O=C(CCc1c[nH]c2ccccc12)N[C@H](Cc1ccccc1)C(=O)O. The van der Waals surface area contributed by atoms with Crippen molar-refractivity contribution in [3.63, 3.8) is 0 Å². The summed E-state index contributed by atoms with van der Waals surface area (Å²) in [7, 11) is 0. The van der Waals surface area contributed by atoms with E-state index in [2.05, 4.69) is 10.3 Å². The van der Waals surface area contributed by atoms with E-state index in [1.807, 2.05) is 60.8 Å². The third kappa shape index (κ3) is 4.26. The summed E-state index contributed by atoms with van der Waals surface area (Å²) >= 11 is 0. The lowest BCUT2D eigenvalue weighted by molar-refractivity contribution is -0.141. The van der Waals surface area contributed by atoms with Crippen LogP contribution in [-0.2, 0) is 22.4 Å². The van der Waals surface area contributed by atoms with Gasteiger partial charge in [-0.15, -0.1) is 0 Å². The van der Waals surface area contributed by atoms with Gasteiger partial charge in [-0.05, 0) is 23.6 Å². The molecule has 0 saturated heterocycles. The topological polar surface area (TPSA) is 82.2 Å². The fourth-order valence-electron chi connectivity index (χ4n) is 2.90. The Hall–Kier alpha value is -3.08. The largest absolute Gasteiger partial charge is 0.480 e. The number of carbonyl (C=O) groups is 2. The highest BCUT2D eigenvalue weighted by Gasteiger charge is 2.20. The number of amides is 1. The minimum Gasteiger partial charge on any atom is -0.480 e. The first kappa shape index (κ1) is 16.8. The van der Waals surface area contributed by atoms with Crippen LogP contribution in [0.1, 0.15) is 17.5 Å². The van der Waals surface area contributed by atoms with Crippen molar-refractivity contribution in [2.45, 2.75) is 25.3 Å². The van der Waals surface area contributed by atoms with Gasteiger partial charge in [0, 0.05) is 29.9 Å². The Balaban J connectivity index is 1.59. The van der Waals surface area contributed by atoms with Crippen LogP contribution in [0.3, 0.4) is 0 Å². The molecule has 1 aromatic heterocycles. The number of aryl methyl sites for hydroxylation is 1. The molecule has 128 valence electrons. The zero-order valence-corrected chi connectivity index (χ0v) is 13.7. The van der Waals surface area contributed by atoms with Gasteiger partial charge in [0.1, 0.15) is 6.04 Å². The maximum atomic E-state index is 12.2. The summed E-state index contributed by atoms with van der Waals surface area (Å²) in [6.07, 6.45) is 2.99. The van der Waals surface area contributed by atoms with E-state index in [1.165, 1.54) is 0 Å². The summed E-state index contributed by atoms with van der Waals surface area (Å²) < 4.78 is 0. The average Bonchev–Trinajstić information content (AvgIpc) is 3.03. The molecular formula is C20H20N2O3. The predicted octanol–water partition coefficient (Wildman–Crippen LogP) is 2.91. The molecule has 0 aliphatic rings. The van der Waals surface area contributed by atoms with Crippen LogP contribution in [0.15, 0.2) is 60.8 Å². The van der Waals surface area contributed by atoms with E-state index >= 15 is 0 Å². The molecule has 25 heavy (non-hydrogen) atoms. The first-order valence-corrected chi connectivity index (χ1v) is 8.24. The molecule has 0 bridgehead atoms. The van der Waals surface area contributed by atoms with Crippen molar-refractivity contribution in [2.75, 3.05) is 0 Å². The Morgan fingerprint density at radius 2 is 1.76 bits per heavy atom. The molecule has 5 nitrogen and oxygen atoms in total. The van der Waals surface area contributed by atoms with Crippen LogP contribution >= 0.6 is 0 Å². The number of hydrogen-bond donors (Lipinski definition) is 3. The number of rotatable bonds is 7. The molecule has 0 aliphatic heterocycles. The maximum Gasteiger partial charge on any atom is 0.326 e. The second kappa shape index (κ2) is 7.66. The molecule has 0 radical (unpaired) electrons. The highest BCUT2D eigenvalue weighted by molar-refractivity contribution is 5.86. The molecule has 1 amide bonds. The van der Waals surface area contributed by atoms with Gasteiger partial charge in [-0.3, -0.25) is 4.79 Å². The monoisotopic (exact) mass is 336 g/mol. The Kier molecular flexibility index (Phi) is 5.14. The van der Waals surface area contributed by atoms with Gasteiger partial charge in [0.15, 0.2) is 0 Å². The van der Waals surface area contributed by atoms with E-state index in [9.17, 15) is 14.7 Å². The molecule has 0 unspecified atom stereocenters. The fraction of sp³-hybridized carbons (Fsp3) is 0.200. The van der Waals surface area contributed by atoms with Crippen molar-refractivity contribution in [3.8, 4) is 0 Å². The second-order valence-corrected chi connectivity index (χ2v) is 6.01. The average molecular weight is 336 g/mol. The molecule has 0 aliphatic carbocycles. The first-order chi connectivity index (χ1) is 12.1. The van der Waals surface area contributed by atoms with Gasteiger partial charge < -0.3 is 15.4 Å². The van der Waals surface area contributed by atoms with Crippen molar-refractivity contribution in [2.24, 2.45) is 0 Å². The zero-order valence-electron chi connectivity index (χ0n) is 13.7. The summed E-state index contributed by atoms with van der Waals surface area (Å²) in [4.78, 5) is 26.8. The number of para-hydroxylation sites is 1. The number of aliphatic carboxylic acids is 1. The van der Waals surface area contributed by atoms with Crippen molar-refractivity contribution < 1.29 is 14.7 Å². The Morgan fingerprint density at radius 1 is 1.04 bits per heavy atom. The lowest BCUT2D eigenvalue weighted by Gasteiger charge is -2.14. The van der Waals surface area contributed by atoms with Gasteiger partial charge in [-0.1, -0.05) is 48.5 Å². The van der Waals surface area contributed by atoms with Crippen LogP contribution in [-0.4, -0.2) is 28.0 Å². The lowest BCUT2D eigenvalue weighted by atomic mass is 10.0. The number of H-pyrrole nitrogens is 1. The van der Waals surface area contributed by atoms with E-state index in [0.717, 1.165) is 22.0 Å². The van der Waals surface area contributed by atoms with Crippen molar-refractivity contribution in [3.05, 3.63) is 71.9 Å². The lowest BCUT2D eigenvalue weighted by Crippen LogP contribution is -2.42. The molecule has 1 heterocycles. The number of nitrogens with one attached hydrogen (secondary N) is 2. The van der Waals surface area contributed by atoms with Gasteiger partial charge in [0.2, 0.25) is 5.91 Å². The van der Waals surface area contributed by atoms with Gasteiger partial charge in [0.25, 0.3) is 0 Å². The van der Waals surface area contributed by atoms with Crippen molar-refractivity contribution >= 4 is 22.8 Å². The number of aromatic amines is 1. The quantitative estimate of drug-likeness (QED) is 0.620. The van der Waals surface area contributed by atoms with Gasteiger partial charge in [-0.25, -0.2) is 4.79 Å². The summed E-state index contributed by atoms with van der Waals surface area (Å²) in [5.41, 5.74) is 2.97. The van der Waals surface area contributed by atoms with Crippen LogP contribution in [0, 0.1) is 0 Å². The molecule has 0 spiro atoms. The second-order valence-electron chi connectivity index (χ2n) is 6.01. The molecule has 0 saturated carbocycles. The van der Waals surface area contributed by atoms with E-state index in [1.54, 1.807) is 0 Å². The minimum absolute atomic E-state index is 0.250. The van der Waals surface area contributed by atoms with Crippen LogP contribution in [0.25, 0.3) is 10.9 Å². The first-order valence-electron chi connectivity index (χ1n) is 8.24. The summed E-state index contributed by atoms with van der Waals surface area (Å²) in [5.74, 6) is -1.28. The molecule has 1 atom stereocenters. The van der Waals surface area contributed by atoms with Gasteiger partial charge >= 0.3 is 5.97 Å². The van der Waals surface area contributed by atoms with Crippen LogP contribution in [0.5, 0.6) is 0 Å². The number of aromatic nitrogens is 1. The normalized spacial score (nSPS) is 12.0. The van der Waals surface area contributed by atoms with E-state index in [4.69, 9.17) is 0 Å². The van der Waals surface area contributed by atoms with Gasteiger partial charge in [-0.2, -0.15) is 0 Å². The molecule has 2 aromatic carbocycles. The minimum atomic E-state index is -1.02. The summed E-state index contributed by atoms with van der Waals surface area (Å²) in [6.45, 7) is 0. The molecule has 0 fully saturated rings. The fourth-order valence-corrected chi connectivity index (χ4v) is 2.90. The van der Waals surface area contributed by atoms with Crippen LogP contribution < -0.4 is 5.32 Å². The summed E-state index contributed by atoms with van der Waals surface area (Å²) in [6, 6.07) is 16.3. The Labute approximate surface area is 145 Å². The summed E-state index contributed by atoms with van der Waals surface area (Å²) in [5, 5.41) is 13.1. The Bertz CT molecular complexity index is 871. The van der Waals surface area contributed by atoms with E-state index < -0.39 is 12.0 Å². The number of carbonyl (C=O) groups excluding carboxylic acids is 1. The highest BCUT2D eigenvalue weighted by Crippen LogP contribution is 2.18. The van der Waals surface area contributed by atoms with Crippen LogP contribution in [0.4, 0.5) is 0 Å². The third-order valence-electron chi connectivity index (χ3n) is 4.21. The van der Waals surface area contributed by atoms with E-state index in [0.29, 0.717) is 6.42 Å². The maximum absolute atomic E-state index is 12.2. The van der Waals surface area contributed by atoms with E-state index in [-0.39, 0.29) is 18.7 Å². The van der Waals surface area contributed by atoms with Gasteiger partial charge in [0.05, 0.1) is 0 Å². The third-order valence-corrected chi connectivity index (χ3v) is 4.21. The molecule has 3 N–H and O–H groups in total. The highest BCUT2D eigenvalue weighted by atomic mass is 16.4. The molecule has 5 heteroatoms. The molecular weight excluding hydrogens is 316 g/mol. The molecule has 3 aromatic rings. The predicted molar refractivity (Wildman–Crippen MR) is 96.3 cm³/mol. The zero-order chi connectivity index (χ0) is 17.6. The number of fused-ring (bicyclic) bond motifs is 1. The smallest absolute Gasteiger partial charge is 0.326 e. The number of carboxylic acids is 1. The number of benzene rings is 2. The van der Waals surface area contributed by atoms with Crippen molar-refractivity contribution in [1.82, 2.24) is 10.3 Å². The standard InChI is InChI=1S/C20H20N2O3/c23-19(11-10-15-13-21-17-9-5-4-8-16(15)17)22-18(20(24)25)12-14-6-2-1-3-7-14/h1-9,13,18,21H,10-12H2,(H,22,23)(H,24,25)/t18-/m1/s1. The van der Waals surface area contributed by atoms with Crippen LogP contribution in [0.2, 0.25) is 0 Å².